The summed E-state index contributed by atoms with van der Waals surface area (Å²) in [5, 5.41) is 5.53. The van der Waals surface area contributed by atoms with Crippen molar-refractivity contribution in [2.45, 2.75) is 26.2 Å². The third kappa shape index (κ3) is 5.23. The van der Waals surface area contributed by atoms with Crippen LogP contribution in [0.25, 0.3) is 0 Å². The zero-order valence-electron chi connectivity index (χ0n) is 17.0. The van der Waals surface area contributed by atoms with Crippen molar-refractivity contribution in [2.75, 3.05) is 25.0 Å². The van der Waals surface area contributed by atoms with Crippen LogP contribution < -0.4 is 10.6 Å². The molecule has 0 bridgehead atoms. The average Bonchev–Trinajstić information content (AvgIpc) is 2.77. The van der Waals surface area contributed by atoms with Crippen molar-refractivity contribution in [3.05, 3.63) is 65.5 Å². The molecule has 6 nitrogen and oxygen atoms in total. The number of carbonyl (C=O) groups is 3. The van der Waals surface area contributed by atoms with Crippen LogP contribution in [0, 0.1) is 11.7 Å². The number of nitrogens with one attached hydrogen (secondary N) is 2. The minimum Gasteiger partial charge on any atom is -0.356 e. The Labute approximate surface area is 175 Å². The lowest BCUT2D eigenvalue weighted by molar-refractivity contribution is -0.126. The van der Waals surface area contributed by atoms with Gasteiger partial charge in [-0.15, -0.1) is 0 Å². The molecule has 3 rings (SSSR count). The van der Waals surface area contributed by atoms with Gasteiger partial charge in [-0.25, -0.2) is 4.39 Å². The highest BCUT2D eigenvalue weighted by Crippen LogP contribution is 2.21. The van der Waals surface area contributed by atoms with Crippen LogP contribution in [-0.4, -0.2) is 42.3 Å². The number of rotatable bonds is 6. The number of hydrogen-bond acceptors (Lipinski definition) is 3. The van der Waals surface area contributed by atoms with Crippen molar-refractivity contribution in [3.63, 3.8) is 0 Å². The van der Waals surface area contributed by atoms with Gasteiger partial charge in [0, 0.05) is 30.9 Å². The topological polar surface area (TPSA) is 78.5 Å². The number of benzene rings is 2. The van der Waals surface area contributed by atoms with Gasteiger partial charge in [-0.1, -0.05) is 25.1 Å². The second kappa shape index (κ2) is 10.0. The standard InChI is InChI=1S/C23H26FN3O3/c1-2-12-25-21(28)17-8-6-13-27(15-17)23(30)16-7-5-9-18(14-16)26-22(29)19-10-3-4-11-20(19)24/h3-5,7,9-11,14,17H,2,6,8,12-13,15H2,1H3,(H,25,28)(H,26,29). The Kier molecular flexibility index (Phi) is 7.17. The monoisotopic (exact) mass is 411 g/mol. The molecule has 1 saturated heterocycles. The first kappa shape index (κ1) is 21.5. The number of halogens is 1. The second-order valence-electron chi connectivity index (χ2n) is 7.40. The first-order valence-electron chi connectivity index (χ1n) is 10.2. The fourth-order valence-electron chi connectivity index (χ4n) is 3.52. The Bertz CT molecular complexity index is 931. The molecule has 0 radical (unpaired) electrons. The van der Waals surface area contributed by atoms with Crippen LogP contribution in [-0.2, 0) is 4.79 Å². The lowest BCUT2D eigenvalue weighted by Gasteiger charge is -2.32. The normalized spacial score (nSPS) is 16.1. The Morgan fingerprint density at radius 2 is 1.93 bits per heavy atom. The summed E-state index contributed by atoms with van der Waals surface area (Å²) in [7, 11) is 0. The Morgan fingerprint density at radius 1 is 1.13 bits per heavy atom. The van der Waals surface area contributed by atoms with Crippen molar-refractivity contribution in [3.8, 4) is 0 Å². The van der Waals surface area contributed by atoms with Gasteiger partial charge in [0.05, 0.1) is 11.5 Å². The Balaban J connectivity index is 1.67. The van der Waals surface area contributed by atoms with Crippen LogP contribution in [0.1, 0.15) is 46.9 Å². The zero-order valence-corrected chi connectivity index (χ0v) is 17.0. The summed E-state index contributed by atoms with van der Waals surface area (Å²) in [5.41, 5.74) is 0.755. The minimum absolute atomic E-state index is 0.0137. The summed E-state index contributed by atoms with van der Waals surface area (Å²) < 4.78 is 13.8. The maximum atomic E-state index is 13.8. The predicted octanol–water partition coefficient (Wildman–Crippen LogP) is 3.46. The number of nitrogens with zero attached hydrogens (tertiary/aromatic N) is 1. The van der Waals surface area contributed by atoms with E-state index in [1.54, 1.807) is 35.2 Å². The lowest BCUT2D eigenvalue weighted by Crippen LogP contribution is -2.45. The van der Waals surface area contributed by atoms with E-state index in [0.29, 0.717) is 30.9 Å². The average molecular weight is 411 g/mol. The van der Waals surface area contributed by atoms with Gasteiger partial charge in [-0.3, -0.25) is 14.4 Å². The zero-order chi connectivity index (χ0) is 21.5. The van der Waals surface area contributed by atoms with Crippen molar-refractivity contribution in [1.29, 1.82) is 0 Å². The summed E-state index contributed by atoms with van der Waals surface area (Å²) in [6.45, 7) is 3.59. The van der Waals surface area contributed by atoms with Crippen molar-refractivity contribution < 1.29 is 18.8 Å². The van der Waals surface area contributed by atoms with Crippen LogP contribution >= 0.6 is 0 Å². The number of likely N-dealkylation sites (tertiary alicyclic amines) is 1. The molecule has 2 aromatic carbocycles. The largest absolute Gasteiger partial charge is 0.356 e. The smallest absolute Gasteiger partial charge is 0.258 e. The molecular formula is C23H26FN3O3. The molecule has 0 aromatic heterocycles. The summed E-state index contributed by atoms with van der Waals surface area (Å²) in [5.74, 6) is -1.60. The number of amides is 3. The van der Waals surface area contributed by atoms with E-state index in [2.05, 4.69) is 10.6 Å². The molecule has 2 N–H and O–H groups in total. The molecule has 158 valence electrons. The van der Waals surface area contributed by atoms with E-state index in [9.17, 15) is 18.8 Å². The molecule has 0 saturated carbocycles. The van der Waals surface area contributed by atoms with E-state index in [1.807, 2.05) is 6.92 Å². The van der Waals surface area contributed by atoms with Crippen LogP contribution in [0.5, 0.6) is 0 Å². The van der Waals surface area contributed by atoms with Crippen LogP contribution in [0.2, 0.25) is 0 Å². The van der Waals surface area contributed by atoms with Gasteiger partial charge >= 0.3 is 0 Å². The third-order valence-corrected chi connectivity index (χ3v) is 5.11. The molecule has 1 unspecified atom stereocenters. The first-order chi connectivity index (χ1) is 14.5. The van der Waals surface area contributed by atoms with E-state index >= 15 is 0 Å². The molecule has 1 aliphatic heterocycles. The van der Waals surface area contributed by atoms with Crippen LogP contribution in [0.15, 0.2) is 48.5 Å². The Hall–Kier alpha value is -3.22. The summed E-state index contributed by atoms with van der Waals surface area (Å²) in [6.07, 6.45) is 2.39. The highest BCUT2D eigenvalue weighted by Gasteiger charge is 2.28. The molecule has 7 heteroatoms. The van der Waals surface area contributed by atoms with Crippen LogP contribution in [0.4, 0.5) is 10.1 Å². The molecule has 30 heavy (non-hydrogen) atoms. The summed E-state index contributed by atoms with van der Waals surface area (Å²) in [6, 6.07) is 12.3. The van der Waals surface area contributed by atoms with Gasteiger partial charge < -0.3 is 15.5 Å². The van der Waals surface area contributed by atoms with Gasteiger partial charge in [0.2, 0.25) is 5.91 Å². The molecule has 2 aromatic rings. The summed E-state index contributed by atoms with van der Waals surface area (Å²) >= 11 is 0. The fraction of sp³-hybridized carbons (Fsp3) is 0.348. The van der Waals surface area contributed by atoms with E-state index in [1.165, 1.54) is 18.2 Å². The second-order valence-corrected chi connectivity index (χ2v) is 7.40. The number of piperidine rings is 1. The van der Waals surface area contributed by atoms with Gasteiger partial charge in [0.1, 0.15) is 5.82 Å². The van der Waals surface area contributed by atoms with Gasteiger partial charge in [-0.2, -0.15) is 0 Å². The number of hydrogen-bond donors (Lipinski definition) is 2. The summed E-state index contributed by atoms with van der Waals surface area (Å²) in [4.78, 5) is 39.2. The van der Waals surface area contributed by atoms with Crippen molar-refractivity contribution in [2.24, 2.45) is 5.92 Å². The van der Waals surface area contributed by atoms with Crippen molar-refractivity contribution in [1.82, 2.24) is 10.2 Å². The Morgan fingerprint density at radius 3 is 2.70 bits per heavy atom. The molecular weight excluding hydrogens is 385 g/mol. The maximum Gasteiger partial charge on any atom is 0.258 e. The highest BCUT2D eigenvalue weighted by molar-refractivity contribution is 6.05. The maximum absolute atomic E-state index is 13.8. The van der Waals surface area contributed by atoms with Gasteiger partial charge in [0.25, 0.3) is 11.8 Å². The quantitative estimate of drug-likeness (QED) is 0.764. The van der Waals surface area contributed by atoms with E-state index < -0.39 is 11.7 Å². The van der Waals surface area contributed by atoms with E-state index in [4.69, 9.17) is 0 Å². The van der Waals surface area contributed by atoms with Crippen LogP contribution in [0.3, 0.4) is 0 Å². The van der Waals surface area contributed by atoms with E-state index in [0.717, 1.165) is 19.3 Å². The number of anilines is 1. The number of carbonyl (C=O) groups excluding carboxylic acids is 3. The molecule has 1 heterocycles. The predicted molar refractivity (Wildman–Crippen MR) is 113 cm³/mol. The third-order valence-electron chi connectivity index (χ3n) is 5.11. The molecule has 1 fully saturated rings. The van der Waals surface area contributed by atoms with Gasteiger partial charge in [-0.05, 0) is 49.6 Å². The molecule has 0 spiro atoms. The molecule has 1 aliphatic rings. The molecule has 3 amide bonds. The molecule has 1 atom stereocenters. The van der Waals surface area contributed by atoms with E-state index in [-0.39, 0.29) is 23.3 Å². The SMILES string of the molecule is CCCNC(=O)C1CCCN(C(=O)c2cccc(NC(=O)c3ccccc3F)c2)C1. The fourth-order valence-corrected chi connectivity index (χ4v) is 3.52. The highest BCUT2D eigenvalue weighted by atomic mass is 19.1. The van der Waals surface area contributed by atoms with Crippen molar-refractivity contribution >= 4 is 23.4 Å². The lowest BCUT2D eigenvalue weighted by atomic mass is 9.96. The first-order valence-corrected chi connectivity index (χ1v) is 10.2. The van der Waals surface area contributed by atoms with Gasteiger partial charge in [0.15, 0.2) is 0 Å². The molecule has 0 aliphatic carbocycles. The minimum atomic E-state index is -0.608.